The van der Waals surface area contributed by atoms with E-state index in [1.807, 2.05) is 75.4 Å². The zero-order valence-electron chi connectivity index (χ0n) is 17.2. The van der Waals surface area contributed by atoms with E-state index in [1.54, 1.807) is 0 Å². The number of benzene rings is 1. The highest BCUT2D eigenvalue weighted by Gasteiger charge is 2.30. The van der Waals surface area contributed by atoms with Crippen molar-refractivity contribution in [3.05, 3.63) is 30.1 Å². The Morgan fingerprint density at radius 2 is 1.79 bits per heavy atom. The van der Waals surface area contributed by atoms with Crippen molar-refractivity contribution in [2.45, 2.75) is 63.2 Å². The topological polar surface area (TPSA) is 69.5 Å². The Balaban J connectivity index is 1.72. The first-order valence-corrected chi connectivity index (χ1v) is 10.4. The second-order valence-electron chi connectivity index (χ2n) is 7.46. The summed E-state index contributed by atoms with van der Waals surface area (Å²) in [6.45, 7) is 10.4. The minimum Gasteiger partial charge on any atom is -0.485 e. The normalized spacial score (nSPS) is 17.1. The lowest BCUT2D eigenvalue weighted by molar-refractivity contribution is -0.133. The van der Waals surface area contributed by atoms with Crippen molar-refractivity contribution in [3.8, 4) is 11.5 Å². The van der Waals surface area contributed by atoms with Crippen LogP contribution in [0, 0.1) is 0 Å². The molecule has 2 atom stereocenters. The van der Waals surface area contributed by atoms with Crippen LogP contribution in [0.3, 0.4) is 0 Å². The van der Waals surface area contributed by atoms with E-state index in [0.29, 0.717) is 23.3 Å². The van der Waals surface area contributed by atoms with E-state index < -0.39 is 0 Å². The lowest BCUT2D eigenvalue weighted by Crippen LogP contribution is -2.45. The van der Waals surface area contributed by atoms with E-state index in [2.05, 4.69) is 10.2 Å². The van der Waals surface area contributed by atoms with Gasteiger partial charge in [-0.2, -0.15) is 0 Å². The summed E-state index contributed by atoms with van der Waals surface area (Å²) in [5, 5.41) is 9.02. The highest BCUT2D eigenvalue weighted by atomic mass is 32.2. The number of fused-ring (bicyclic) bond motifs is 1. The largest absolute Gasteiger partial charge is 0.485 e. The SMILES string of the molecule is CC(C)N(C(=O)[C@H](C)Sc1nnc([C@@H]2COc3ccccc3O2)n1C)C(C)C. The van der Waals surface area contributed by atoms with Gasteiger partial charge in [-0.1, -0.05) is 23.9 Å². The molecule has 1 aliphatic heterocycles. The van der Waals surface area contributed by atoms with E-state index in [1.165, 1.54) is 11.8 Å². The van der Waals surface area contributed by atoms with Crippen molar-refractivity contribution in [1.29, 1.82) is 0 Å². The van der Waals surface area contributed by atoms with Crippen LogP contribution in [0.25, 0.3) is 0 Å². The molecular formula is C20H28N4O3S. The van der Waals surface area contributed by atoms with Crippen LogP contribution in [0.1, 0.15) is 46.5 Å². The maximum Gasteiger partial charge on any atom is 0.236 e. The first-order chi connectivity index (χ1) is 13.3. The Labute approximate surface area is 170 Å². The molecule has 8 heteroatoms. The molecule has 1 aromatic carbocycles. The summed E-state index contributed by atoms with van der Waals surface area (Å²) < 4.78 is 13.7. The van der Waals surface area contributed by atoms with Crippen molar-refractivity contribution >= 4 is 17.7 Å². The highest BCUT2D eigenvalue weighted by molar-refractivity contribution is 8.00. The van der Waals surface area contributed by atoms with Crippen LogP contribution < -0.4 is 9.47 Å². The van der Waals surface area contributed by atoms with Crippen molar-refractivity contribution in [2.24, 2.45) is 7.05 Å². The highest BCUT2D eigenvalue weighted by Crippen LogP contribution is 2.36. The molecule has 0 aliphatic carbocycles. The molecule has 1 amide bonds. The summed E-state index contributed by atoms with van der Waals surface area (Å²) >= 11 is 1.41. The zero-order chi connectivity index (χ0) is 20.4. The van der Waals surface area contributed by atoms with Gasteiger partial charge in [0.1, 0.15) is 6.61 Å². The van der Waals surface area contributed by atoms with Crippen LogP contribution in [-0.4, -0.2) is 49.5 Å². The minimum atomic E-state index is -0.337. The van der Waals surface area contributed by atoms with Crippen LogP contribution in [0.4, 0.5) is 0 Å². The first-order valence-electron chi connectivity index (χ1n) is 9.56. The Morgan fingerprint density at radius 1 is 1.14 bits per heavy atom. The van der Waals surface area contributed by atoms with Gasteiger partial charge < -0.3 is 18.9 Å². The van der Waals surface area contributed by atoms with Crippen LogP contribution in [-0.2, 0) is 11.8 Å². The van der Waals surface area contributed by atoms with Gasteiger partial charge in [-0.25, -0.2) is 0 Å². The molecule has 2 heterocycles. The Hall–Kier alpha value is -2.22. The summed E-state index contributed by atoms with van der Waals surface area (Å²) in [6, 6.07) is 7.88. The minimum absolute atomic E-state index is 0.103. The second-order valence-corrected chi connectivity index (χ2v) is 8.77. The molecule has 0 spiro atoms. The number of ether oxygens (including phenoxy) is 2. The third kappa shape index (κ3) is 4.11. The van der Waals surface area contributed by atoms with Crippen LogP contribution >= 0.6 is 11.8 Å². The fraction of sp³-hybridized carbons (Fsp3) is 0.550. The standard InChI is InChI=1S/C20H28N4O3S/c1-12(2)24(13(3)4)19(25)14(5)28-20-22-21-18(23(20)6)17-11-26-15-9-7-8-10-16(15)27-17/h7-10,12-14,17H,11H2,1-6H3/t14-,17-/m0/s1. The Morgan fingerprint density at radius 3 is 2.43 bits per heavy atom. The summed E-state index contributed by atoms with van der Waals surface area (Å²) in [5.41, 5.74) is 0. The molecule has 0 unspecified atom stereocenters. The van der Waals surface area contributed by atoms with Crippen LogP contribution in [0.5, 0.6) is 11.5 Å². The predicted octanol–water partition coefficient (Wildman–Crippen LogP) is 3.45. The molecule has 0 saturated heterocycles. The maximum atomic E-state index is 12.9. The molecule has 7 nitrogen and oxygen atoms in total. The van der Waals surface area contributed by atoms with Gasteiger partial charge in [-0.15, -0.1) is 10.2 Å². The number of carbonyl (C=O) groups is 1. The monoisotopic (exact) mass is 404 g/mol. The third-order valence-corrected chi connectivity index (χ3v) is 5.78. The number of aromatic nitrogens is 3. The van der Waals surface area contributed by atoms with E-state index >= 15 is 0 Å². The lowest BCUT2D eigenvalue weighted by atomic mass is 10.2. The average Bonchev–Trinajstić information content (AvgIpc) is 3.01. The van der Waals surface area contributed by atoms with Crippen molar-refractivity contribution in [3.63, 3.8) is 0 Å². The molecule has 1 aliphatic rings. The molecule has 0 radical (unpaired) electrons. The number of rotatable bonds is 6. The Kier molecular flexibility index (Phi) is 6.17. The summed E-state index contributed by atoms with van der Waals surface area (Å²) in [7, 11) is 1.89. The summed E-state index contributed by atoms with van der Waals surface area (Å²) in [4.78, 5) is 14.8. The number of para-hydroxylation sites is 2. The number of thioether (sulfide) groups is 1. The van der Waals surface area contributed by atoms with Crippen molar-refractivity contribution in [2.75, 3.05) is 6.61 Å². The van der Waals surface area contributed by atoms with E-state index in [-0.39, 0.29) is 29.3 Å². The Bertz CT molecular complexity index is 829. The molecular weight excluding hydrogens is 376 g/mol. The molecule has 0 fully saturated rings. The molecule has 28 heavy (non-hydrogen) atoms. The lowest BCUT2D eigenvalue weighted by Gasteiger charge is -2.32. The van der Waals surface area contributed by atoms with Crippen molar-refractivity contribution < 1.29 is 14.3 Å². The third-order valence-electron chi connectivity index (χ3n) is 4.66. The van der Waals surface area contributed by atoms with Crippen LogP contribution in [0.2, 0.25) is 0 Å². The van der Waals surface area contributed by atoms with E-state index in [9.17, 15) is 4.79 Å². The quantitative estimate of drug-likeness (QED) is 0.687. The van der Waals surface area contributed by atoms with Gasteiger partial charge in [0.15, 0.2) is 28.6 Å². The van der Waals surface area contributed by atoms with E-state index in [4.69, 9.17) is 9.47 Å². The maximum absolute atomic E-state index is 12.9. The second kappa shape index (κ2) is 8.43. The molecule has 152 valence electrons. The number of carbonyl (C=O) groups excluding carboxylic acids is 1. The molecule has 0 N–H and O–H groups in total. The van der Waals surface area contributed by atoms with E-state index in [0.717, 1.165) is 5.75 Å². The molecule has 1 aromatic heterocycles. The first kappa shape index (κ1) is 20.5. The smallest absolute Gasteiger partial charge is 0.236 e. The van der Waals surface area contributed by atoms with Gasteiger partial charge in [0.05, 0.1) is 5.25 Å². The molecule has 0 bridgehead atoms. The zero-order valence-corrected chi connectivity index (χ0v) is 18.1. The number of nitrogens with zero attached hydrogens (tertiary/aromatic N) is 4. The van der Waals surface area contributed by atoms with Gasteiger partial charge in [0.2, 0.25) is 5.91 Å². The van der Waals surface area contributed by atoms with Gasteiger partial charge in [-0.05, 0) is 46.8 Å². The van der Waals surface area contributed by atoms with Gasteiger partial charge >= 0.3 is 0 Å². The van der Waals surface area contributed by atoms with Gasteiger partial charge in [-0.3, -0.25) is 4.79 Å². The number of hydrogen-bond donors (Lipinski definition) is 0. The van der Waals surface area contributed by atoms with Crippen LogP contribution in [0.15, 0.2) is 29.4 Å². The molecule has 2 aromatic rings. The van der Waals surface area contributed by atoms with Crippen molar-refractivity contribution in [1.82, 2.24) is 19.7 Å². The molecule has 0 saturated carbocycles. The summed E-state index contributed by atoms with van der Waals surface area (Å²) in [5.74, 6) is 2.22. The predicted molar refractivity (Wildman–Crippen MR) is 109 cm³/mol. The average molecular weight is 405 g/mol. The van der Waals surface area contributed by atoms with Gasteiger partial charge in [0, 0.05) is 19.1 Å². The fourth-order valence-electron chi connectivity index (χ4n) is 3.38. The number of amides is 1. The van der Waals surface area contributed by atoms with Gasteiger partial charge in [0.25, 0.3) is 0 Å². The molecule has 3 rings (SSSR count). The summed E-state index contributed by atoms with van der Waals surface area (Å²) in [6.07, 6.45) is -0.337. The number of hydrogen-bond acceptors (Lipinski definition) is 6. The fourth-order valence-corrected chi connectivity index (χ4v) is 4.26.